The Morgan fingerprint density at radius 1 is 1.33 bits per heavy atom. The first-order valence-corrected chi connectivity index (χ1v) is 7.06. The van der Waals surface area contributed by atoms with E-state index in [1.54, 1.807) is 11.3 Å². The Hall–Kier alpha value is -1.61. The molecule has 0 unspecified atom stereocenters. The highest BCUT2D eigenvalue weighted by Crippen LogP contribution is 2.27. The van der Waals surface area contributed by atoms with Gasteiger partial charge in [-0.3, -0.25) is 4.79 Å². The molecule has 0 N–H and O–H groups in total. The molecule has 1 fully saturated rings. The van der Waals surface area contributed by atoms with Crippen molar-refractivity contribution in [1.29, 1.82) is 0 Å². The topological polar surface area (TPSA) is 26.3 Å². The van der Waals surface area contributed by atoms with E-state index in [-0.39, 0.29) is 5.78 Å². The maximum Gasteiger partial charge on any atom is 0.167 e. The number of Topliss-reactive ketones (excluding diaryl/α,β-unsaturated/α-hetero) is 1. The number of rotatable bonds is 5. The van der Waals surface area contributed by atoms with Gasteiger partial charge in [-0.15, -0.1) is 0 Å². The number of thiophene rings is 1. The molecule has 0 aliphatic heterocycles. The average Bonchev–Trinajstić information content (AvgIpc) is 3.04. The van der Waals surface area contributed by atoms with E-state index in [1.807, 2.05) is 41.1 Å². The molecule has 92 valence electrons. The summed E-state index contributed by atoms with van der Waals surface area (Å²) in [6.45, 7) is 0. The Bertz CT molecular complexity index is 541. The number of hydrogen-bond acceptors (Lipinski definition) is 3. The lowest BCUT2D eigenvalue weighted by atomic mass is 10.1. The summed E-state index contributed by atoms with van der Waals surface area (Å²) >= 11 is 1.62. The molecular formula is C15H14O2S. The Kier molecular flexibility index (Phi) is 3.15. The zero-order chi connectivity index (χ0) is 12.4. The van der Waals surface area contributed by atoms with Crippen LogP contribution in [0.1, 0.15) is 28.8 Å². The number of hydrogen-bond donors (Lipinski definition) is 0. The van der Waals surface area contributed by atoms with Crippen molar-refractivity contribution in [2.45, 2.75) is 25.4 Å². The number of carbonyl (C=O) groups excluding carboxylic acids is 1. The molecule has 0 atom stereocenters. The molecule has 0 radical (unpaired) electrons. The lowest BCUT2D eigenvalue weighted by molar-refractivity contribution is 0.0992. The van der Waals surface area contributed by atoms with Gasteiger partial charge in [0.1, 0.15) is 5.75 Å². The van der Waals surface area contributed by atoms with Gasteiger partial charge in [0.15, 0.2) is 5.78 Å². The summed E-state index contributed by atoms with van der Waals surface area (Å²) < 4.78 is 5.70. The highest BCUT2D eigenvalue weighted by Gasteiger charge is 2.23. The second kappa shape index (κ2) is 4.94. The first-order valence-electron chi connectivity index (χ1n) is 6.12. The minimum Gasteiger partial charge on any atom is -0.490 e. The third kappa shape index (κ3) is 2.79. The maximum atomic E-state index is 12.1. The van der Waals surface area contributed by atoms with Gasteiger partial charge in [0, 0.05) is 12.0 Å². The van der Waals surface area contributed by atoms with E-state index in [0.717, 1.165) is 29.7 Å². The summed E-state index contributed by atoms with van der Waals surface area (Å²) in [5.41, 5.74) is 1.82. The van der Waals surface area contributed by atoms with Gasteiger partial charge in [-0.1, -0.05) is 12.1 Å². The molecule has 3 heteroatoms. The van der Waals surface area contributed by atoms with Gasteiger partial charge in [-0.25, -0.2) is 0 Å². The van der Waals surface area contributed by atoms with Crippen LogP contribution in [0.15, 0.2) is 41.1 Å². The number of benzene rings is 1. The van der Waals surface area contributed by atoms with E-state index in [0.29, 0.717) is 12.5 Å². The van der Waals surface area contributed by atoms with Gasteiger partial charge in [0.05, 0.1) is 6.10 Å². The summed E-state index contributed by atoms with van der Waals surface area (Å²) in [6, 6.07) is 9.51. The van der Waals surface area contributed by atoms with E-state index in [9.17, 15) is 4.79 Å². The maximum absolute atomic E-state index is 12.1. The van der Waals surface area contributed by atoms with Gasteiger partial charge < -0.3 is 4.74 Å². The molecule has 1 aliphatic carbocycles. The van der Waals surface area contributed by atoms with Crippen LogP contribution in [0.2, 0.25) is 0 Å². The zero-order valence-corrected chi connectivity index (χ0v) is 10.8. The van der Waals surface area contributed by atoms with E-state index in [4.69, 9.17) is 4.74 Å². The SMILES string of the molecule is O=C(Cc1ccsc1)c1cccc(OC2CC2)c1. The quantitative estimate of drug-likeness (QED) is 0.764. The molecule has 3 rings (SSSR count). The fourth-order valence-electron chi connectivity index (χ4n) is 1.80. The van der Waals surface area contributed by atoms with Crippen LogP contribution in [0.4, 0.5) is 0 Å². The van der Waals surface area contributed by atoms with Gasteiger partial charge in [-0.05, 0) is 47.4 Å². The third-order valence-electron chi connectivity index (χ3n) is 2.93. The molecule has 18 heavy (non-hydrogen) atoms. The Morgan fingerprint density at radius 2 is 2.22 bits per heavy atom. The fourth-order valence-corrected chi connectivity index (χ4v) is 2.47. The highest BCUT2D eigenvalue weighted by atomic mass is 32.1. The van der Waals surface area contributed by atoms with Crippen molar-refractivity contribution >= 4 is 17.1 Å². The van der Waals surface area contributed by atoms with Crippen molar-refractivity contribution in [1.82, 2.24) is 0 Å². The van der Waals surface area contributed by atoms with Gasteiger partial charge in [0.2, 0.25) is 0 Å². The lowest BCUT2D eigenvalue weighted by Gasteiger charge is -2.06. The molecule has 0 spiro atoms. The molecule has 1 saturated carbocycles. The smallest absolute Gasteiger partial charge is 0.167 e. The summed E-state index contributed by atoms with van der Waals surface area (Å²) in [6.07, 6.45) is 3.10. The summed E-state index contributed by atoms with van der Waals surface area (Å²) in [7, 11) is 0. The Labute approximate surface area is 110 Å². The first kappa shape index (κ1) is 11.5. The van der Waals surface area contributed by atoms with Crippen LogP contribution in [0.5, 0.6) is 5.75 Å². The summed E-state index contributed by atoms with van der Waals surface area (Å²) in [5, 5.41) is 4.01. The summed E-state index contributed by atoms with van der Waals surface area (Å²) in [5.74, 6) is 0.961. The standard InChI is InChI=1S/C15H14O2S/c16-15(8-11-6-7-18-10-11)12-2-1-3-14(9-12)17-13-4-5-13/h1-3,6-7,9-10,13H,4-5,8H2. The van der Waals surface area contributed by atoms with Crippen molar-refractivity contribution in [2.24, 2.45) is 0 Å². The molecule has 1 aromatic carbocycles. The van der Waals surface area contributed by atoms with Gasteiger partial charge >= 0.3 is 0 Å². The third-order valence-corrected chi connectivity index (χ3v) is 3.66. The van der Waals surface area contributed by atoms with Gasteiger partial charge in [-0.2, -0.15) is 11.3 Å². The van der Waals surface area contributed by atoms with Crippen molar-refractivity contribution < 1.29 is 9.53 Å². The average molecular weight is 258 g/mol. The molecule has 0 bridgehead atoms. The van der Waals surface area contributed by atoms with Crippen LogP contribution in [-0.2, 0) is 6.42 Å². The number of carbonyl (C=O) groups is 1. The van der Waals surface area contributed by atoms with Crippen LogP contribution < -0.4 is 4.74 Å². The van der Waals surface area contributed by atoms with E-state index >= 15 is 0 Å². The molecule has 1 aliphatic rings. The number of ketones is 1. The van der Waals surface area contributed by atoms with E-state index in [2.05, 4.69) is 0 Å². The lowest BCUT2D eigenvalue weighted by Crippen LogP contribution is -2.04. The van der Waals surface area contributed by atoms with Crippen molar-refractivity contribution in [3.8, 4) is 5.75 Å². The molecule has 0 saturated heterocycles. The molecule has 2 aromatic rings. The Balaban J connectivity index is 1.72. The molecule has 2 nitrogen and oxygen atoms in total. The minimum atomic E-state index is 0.148. The minimum absolute atomic E-state index is 0.148. The Morgan fingerprint density at radius 3 is 2.94 bits per heavy atom. The molecule has 1 aromatic heterocycles. The van der Waals surface area contributed by atoms with Gasteiger partial charge in [0.25, 0.3) is 0 Å². The predicted octanol–water partition coefficient (Wildman–Crippen LogP) is 3.71. The fraction of sp³-hybridized carbons (Fsp3) is 0.267. The van der Waals surface area contributed by atoms with Crippen molar-refractivity contribution in [2.75, 3.05) is 0 Å². The van der Waals surface area contributed by atoms with Crippen LogP contribution in [0.3, 0.4) is 0 Å². The first-order chi connectivity index (χ1) is 8.81. The van der Waals surface area contributed by atoms with E-state index in [1.165, 1.54) is 0 Å². The van der Waals surface area contributed by atoms with Crippen LogP contribution in [-0.4, -0.2) is 11.9 Å². The van der Waals surface area contributed by atoms with Crippen LogP contribution in [0, 0.1) is 0 Å². The highest BCUT2D eigenvalue weighted by molar-refractivity contribution is 7.08. The van der Waals surface area contributed by atoms with Crippen LogP contribution >= 0.6 is 11.3 Å². The van der Waals surface area contributed by atoms with Crippen molar-refractivity contribution in [3.63, 3.8) is 0 Å². The molecule has 1 heterocycles. The zero-order valence-electron chi connectivity index (χ0n) is 9.96. The summed E-state index contributed by atoms with van der Waals surface area (Å²) in [4.78, 5) is 12.1. The molecule has 0 amide bonds. The number of ether oxygens (including phenoxy) is 1. The van der Waals surface area contributed by atoms with Crippen molar-refractivity contribution in [3.05, 3.63) is 52.2 Å². The second-order valence-corrected chi connectivity index (χ2v) is 5.36. The predicted molar refractivity (Wildman–Crippen MR) is 72.4 cm³/mol. The monoisotopic (exact) mass is 258 g/mol. The molecular weight excluding hydrogens is 244 g/mol. The normalized spacial score (nSPS) is 14.4. The second-order valence-electron chi connectivity index (χ2n) is 4.58. The largest absolute Gasteiger partial charge is 0.490 e. The van der Waals surface area contributed by atoms with E-state index < -0.39 is 0 Å². The van der Waals surface area contributed by atoms with Crippen LogP contribution in [0.25, 0.3) is 0 Å².